The van der Waals surface area contributed by atoms with E-state index in [4.69, 9.17) is 10.2 Å². The van der Waals surface area contributed by atoms with E-state index in [0.717, 1.165) is 10.9 Å². The number of fused-ring (bicyclic) bond motifs is 1. The minimum atomic E-state index is -0.337. The molecule has 0 aliphatic carbocycles. The van der Waals surface area contributed by atoms with Crippen molar-refractivity contribution in [1.29, 1.82) is 0 Å². The van der Waals surface area contributed by atoms with Crippen molar-refractivity contribution in [1.82, 2.24) is 0 Å². The number of anilines is 1. The summed E-state index contributed by atoms with van der Waals surface area (Å²) in [5.41, 5.74) is 7.28. The van der Waals surface area contributed by atoms with Crippen LogP contribution in [0.1, 0.15) is 5.56 Å². The van der Waals surface area contributed by atoms with Gasteiger partial charge in [0.05, 0.1) is 0 Å². The van der Waals surface area contributed by atoms with Crippen LogP contribution >= 0.6 is 24.8 Å². The summed E-state index contributed by atoms with van der Waals surface area (Å²) < 4.78 is 4.99. The molecule has 0 saturated heterocycles. The third-order valence-corrected chi connectivity index (χ3v) is 1.98. The van der Waals surface area contributed by atoms with Crippen LogP contribution < -0.4 is 11.4 Å². The molecule has 0 unspecified atom stereocenters. The van der Waals surface area contributed by atoms with Crippen LogP contribution in [-0.2, 0) is 0 Å². The first-order valence-corrected chi connectivity index (χ1v) is 3.97. The first-order valence-electron chi connectivity index (χ1n) is 3.97. The predicted octanol–water partition coefficient (Wildman–Crippen LogP) is 2.53. The molecule has 0 saturated carbocycles. The monoisotopic (exact) mass is 247 g/mol. The molecule has 5 heteroatoms. The molecular formula is C10H11Cl2NO2. The Morgan fingerprint density at radius 1 is 1.20 bits per heavy atom. The Morgan fingerprint density at radius 3 is 2.53 bits per heavy atom. The van der Waals surface area contributed by atoms with Gasteiger partial charge in [0.25, 0.3) is 0 Å². The van der Waals surface area contributed by atoms with Crippen LogP contribution in [0.5, 0.6) is 0 Å². The van der Waals surface area contributed by atoms with Crippen LogP contribution in [0.2, 0.25) is 0 Å². The molecule has 2 N–H and O–H groups in total. The molecule has 0 amide bonds. The Bertz CT molecular complexity index is 522. The van der Waals surface area contributed by atoms with Crippen molar-refractivity contribution >= 4 is 41.5 Å². The molecule has 0 atom stereocenters. The summed E-state index contributed by atoms with van der Waals surface area (Å²) in [4.78, 5) is 11.0. The predicted molar refractivity (Wildman–Crippen MR) is 66.1 cm³/mol. The highest BCUT2D eigenvalue weighted by atomic mass is 35.5. The number of nitrogens with two attached hydrogens (primary N) is 1. The maximum Gasteiger partial charge on any atom is 0.336 e. The van der Waals surface area contributed by atoms with Gasteiger partial charge < -0.3 is 10.2 Å². The normalized spacial score (nSPS) is 9.13. The van der Waals surface area contributed by atoms with Crippen molar-refractivity contribution in [3.8, 4) is 0 Å². The molecule has 1 heterocycles. The standard InChI is InChI=1S/C10H9NO2.2ClH/c1-6-4-10(12)13-9-5-7(11)2-3-8(6)9;;/h2-5H,11H2,1H3;2*1H. The van der Waals surface area contributed by atoms with Crippen LogP contribution in [0.15, 0.2) is 33.5 Å². The molecule has 0 fully saturated rings. The lowest BCUT2D eigenvalue weighted by atomic mass is 10.1. The second kappa shape index (κ2) is 5.05. The minimum absolute atomic E-state index is 0. The van der Waals surface area contributed by atoms with Crippen molar-refractivity contribution in [2.24, 2.45) is 0 Å². The molecule has 15 heavy (non-hydrogen) atoms. The van der Waals surface area contributed by atoms with Gasteiger partial charge in [-0.3, -0.25) is 0 Å². The third-order valence-electron chi connectivity index (χ3n) is 1.98. The minimum Gasteiger partial charge on any atom is -0.423 e. The number of aryl methyl sites for hydroxylation is 1. The maximum atomic E-state index is 11.0. The number of benzene rings is 1. The summed E-state index contributed by atoms with van der Waals surface area (Å²) >= 11 is 0. The Morgan fingerprint density at radius 2 is 1.87 bits per heavy atom. The molecule has 0 bridgehead atoms. The van der Waals surface area contributed by atoms with Gasteiger partial charge in [-0.15, -0.1) is 24.8 Å². The Hall–Kier alpha value is -1.19. The van der Waals surface area contributed by atoms with E-state index in [1.165, 1.54) is 6.07 Å². The SMILES string of the molecule is Cc1cc(=O)oc2cc(N)ccc12.Cl.Cl. The van der Waals surface area contributed by atoms with Crippen molar-refractivity contribution in [2.75, 3.05) is 5.73 Å². The van der Waals surface area contributed by atoms with E-state index in [2.05, 4.69) is 0 Å². The number of hydrogen-bond acceptors (Lipinski definition) is 3. The fourth-order valence-electron chi connectivity index (χ4n) is 1.34. The van der Waals surface area contributed by atoms with Gasteiger partial charge in [0.1, 0.15) is 5.58 Å². The fraction of sp³-hybridized carbons (Fsp3) is 0.100. The highest BCUT2D eigenvalue weighted by Crippen LogP contribution is 2.18. The van der Waals surface area contributed by atoms with E-state index in [0.29, 0.717) is 11.3 Å². The zero-order chi connectivity index (χ0) is 9.42. The van der Waals surface area contributed by atoms with Gasteiger partial charge in [-0.05, 0) is 24.6 Å². The molecule has 0 radical (unpaired) electrons. The van der Waals surface area contributed by atoms with E-state index < -0.39 is 0 Å². The number of rotatable bonds is 0. The van der Waals surface area contributed by atoms with Crippen molar-refractivity contribution in [3.63, 3.8) is 0 Å². The lowest BCUT2D eigenvalue weighted by Crippen LogP contribution is -1.98. The zero-order valence-electron chi connectivity index (χ0n) is 8.02. The molecule has 1 aromatic carbocycles. The summed E-state index contributed by atoms with van der Waals surface area (Å²) in [5, 5.41) is 0.925. The highest BCUT2D eigenvalue weighted by molar-refractivity contribution is 5.85. The maximum absolute atomic E-state index is 11.0. The van der Waals surface area contributed by atoms with E-state index in [9.17, 15) is 4.79 Å². The quantitative estimate of drug-likeness (QED) is 0.575. The molecule has 2 aromatic rings. The van der Waals surface area contributed by atoms with Crippen molar-refractivity contribution in [3.05, 3.63) is 40.2 Å². The topological polar surface area (TPSA) is 56.2 Å². The summed E-state index contributed by atoms with van der Waals surface area (Å²) in [7, 11) is 0. The molecule has 0 aliphatic heterocycles. The summed E-state index contributed by atoms with van der Waals surface area (Å²) in [6, 6.07) is 6.76. The van der Waals surface area contributed by atoms with E-state index in [1.807, 2.05) is 13.0 Å². The fourth-order valence-corrected chi connectivity index (χ4v) is 1.34. The molecule has 0 spiro atoms. The van der Waals surface area contributed by atoms with Crippen molar-refractivity contribution < 1.29 is 4.42 Å². The largest absolute Gasteiger partial charge is 0.423 e. The molecule has 3 nitrogen and oxygen atoms in total. The van der Waals surface area contributed by atoms with Gasteiger partial charge in [-0.1, -0.05) is 0 Å². The molecule has 2 rings (SSSR count). The van der Waals surface area contributed by atoms with E-state index in [1.54, 1.807) is 12.1 Å². The average molecular weight is 248 g/mol. The summed E-state index contributed by atoms with van der Waals surface area (Å²) in [6.07, 6.45) is 0. The van der Waals surface area contributed by atoms with Crippen LogP contribution in [0, 0.1) is 6.92 Å². The Balaban J connectivity index is 0.000000980. The first-order chi connectivity index (χ1) is 6.16. The molecule has 1 aromatic heterocycles. The lowest BCUT2D eigenvalue weighted by Gasteiger charge is -2.00. The van der Waals surface area contributed by atoms with Crippen LogP contribution in [0.4, 0.5) is 5.69 Å². The molecular weight excluding hydrogens is 237 g/mol. The third kappa shape index (κ3) is 2.64. The zero-order valence-corrected chi connectivity index (χ0v) is 9.65. The highest BCUT2D eigenvalue weighted by Gasteiger charge is 2.00. The van der Waals surface area contributed by atoms with Crippen LogP contribution in [-0.4, -0.2) is 0 Å². The average Bonchev–Trinajstić information content (AvgIpc) is 2.02. The summed E-state index contributed by atoms with van der Waals surface area (Å²) in [6.45, 7) is 1.87. The smallest absolute Gasteiger partial charge is 0.336 e. The Labute approximate surface area is 99.1 Å². The van der Waals surface area contributed by atoms with Gasteiger partial charge in [-0.2, -0.15) is 0 Å². The van der Waals surface area contributed by atoms with Crippen molar-refractivity contribution in [2.45, 2.75) is 6.92 Å². The Kier molecular flexibility index (Phi) is 4.65. The van der Waals surface area contributed by atoms with E-state index in [-0.39, 0.29) is 30.4 Å². The van der Waals surface area contributed by atoms with E-state index >= 15 is 0 Å². The summed E-state index contributed by atoms with van der Waals surface area (Å²) in [5.74, 6) is 0. The van der Waals surface area contributed by atoms with Gasteiger partial charge in [-0.25, -0.2) is 4.79 Å². The van der Waals surface area contributed by atoms with Gasteiger partial charge in [0.15, 0.2) is 0 Å². The second-order valence-corrected chi connectivity index (χ2v) is 3.00. The molecule has 82 valence electrons. The molecule has 0 aliphatic rings. The van der Waals surface area contributed by atoms with Crippen LogP contribution in [0.25, 0.3) is 11.0 Å². The number of hydrogen-bond donors (Lipinski definition) is 1. The second-order valence-electron chi connectivity index (χ2n) is 3.00. The van der Waals surface area contributed by atoms with Gasteiger partial charge in [0.2, 0.25) is 0 Å². The van der Waals surface area contributed by atoms with Gasteiger partial charge >= 0.3 is 5.63 Å². The number of halogens is 2. The van der Waals surface area contributed by atoms with Gasteiger partial charge in [0, 0.05) is 23.2 Å². The van der Waals surface area contributed by atoms with Crippen LogP contribution in [0.3, 0.4) is 0 Å². The lowest BCUT2D eigenvalue weighted by molar-refractivity contribution is 0.560. The number of nitrogen functional groups attached to an aromatic ring is 1. The first kappa shape index (κ1) is 13.8.